The summed E-state index contributed by atoms with van der Waals surface area (Å²) in [7, 11) is 0. The topological polar surface area (TPSA) is 0 Å². The van der Waals surface area contributed by atoms with Crippen LogP contribution in [-0.2, 0) is 0 Å². The van der Waals surface area contributed by atoms with Gasteiger partial charge in [-0.3, -0.25) is 0 Å². The lowest BCUT2D eigenvalue weighted by Crippen LogP contribution is -1.63. The summed E-state index contributed by atoms with van der Waals surface area (Å²) in [5.41, 5.74) is 1.27. The molecule has 0 unspecified atom stereocenters. The van der Waals surface area contributed by atoms with Crippen LogP contribution in [0, 0.1) is 19.1 Å². The Labute approximate surface area is 79.9 Å². The van der Waals surface area contributed by atoms with Crippen molar-refractivity contribution in [2.45, 2.75) is 6.92 Å². The fourth-order valence-electron chi connectivity index (χ4n) is 0.825. The molecule has 0 saturated carbocycles. The number of benzene rings is 2. The molecule has 2 radical (unpaired) electrons. The van der Waals surface area contributed by atoms with E-state index >= 15 is 0 Å². The molecule has 0 aliphatic rings. The summed E-state index contributed by atoms with van der Waals surface area (Å²) in [6.07, 6.45) is 0. The molecule has 0 heterocycles. The minimum atomic E-state index is 1.27. The minimum absolute atomic E-state index is 1.27. The van der Waals surface area contributed by atoms with Crippen LogP contribution in [0.5, 0.6) is 0 Å². The second kappa shape index (κ2) is 6.01. The van der Waals surface area contributed by atoms with Gasteiger partial charge >= 0.3 is 0 Å². The molecule has 0 bridgehead atoms. The molecule has 0 aromatic heterocycles. The molecule has 0 aliphatic carbocycles. The third-order valence-corrected chi connectivity index (χ3v) is 1.47. The van der Waals surface area contributed by atoms with Crippen molar-refractivity contribution in [1.82, 2.24) is 0 Å². The van der Waals surface area contributed by atoms with Crippen LogP contribution in [0.15, 0.2) is 54.6 Å². The van der Waals surface area contributed by atoms with Crippen LogP contribution in [-0.4, -0.2) is 0 Å². The first kappa shape index (κ1) is 9.53. The number of rotatable bonds is 0. The molecule has 0 atom stereocenters. The largest absolute Gasteiger partial charge is 0.0622 e. The van der Waals surface area contributed by atoms with E-state index in [4.69, 9.17) is 0 Å². The van der Waals surface area contributed by atoms with Crippen molar-refractivity contribution in [3.05, 3.63) is 72.3 Å². The molecule has 0 amide bonds. The SMILES string of the molecule is Cc1c[c]ccc1.[c]1ccccc1. The summed E-state index contributed by atoms with van der Waals surface area (Å²) in [6.45, 7) is 2.05. The molecule has 0 saturated heterocycles. The molecule has 0 fully saturated rings. The van der Waals surface area contributed by atoms with E-state index in [1.807, 2.05) is 48.5 Å². The van der Waals surface area contributed by atoms with Gasteiger partial charge in [-0.1, -0.05) is 60.2 Å². The smallest absolute Gasteiger partial charge is 0.0181 e. The summed E-state index contributed by atoms with van der Waals surface area (Å²) in [5, 5.41) is 0. The number of hydrogen-bond donors (Lipinski definition) is 0. The Kier molecular flexibility index (Phi) is 4.41. The fourth-order valence-corrected chi connectivity index (χ4v) is 0.825. The molecule has 2 aromatic carbocycles. The summed E-state index contributed by atoms with van der Waals surface area (Å²) in [4.78, 5) is 0. The molecule has 0 heteroatoms. The van der Waals surface area contributed by atoms with Gasteiger partial charge in [0.05, 0.1) is 0 Å². The lowest BCUT2D eigenvalue weighted by molar-refractivity contribution is 1.47. The summed E-state index contributed by atoms with van der Waals surface area (Å²) in [6, 6.07) is 23.3. The molecule has 0 spiro atoms. The van der Waals surface area contributed by atoms with Gasteiger partial charge in [-0.2, -0.15) is 0 Å². The van der Waals surface area contributed by atoms with Crippen molar-refractivity contribution in [2.75, 3.05) is 0 Å². The van der Waals surface area contributed by atoms with Gasteiger partial charge in [-0.25, -0.2) is 0 Å². The van der Waals surface area contributed by atoms with E-state index in [1.165, 1.54) is 5.56 Å². The van der Waals surface area contributed by atoms with Crippen LogP contribution in [0.2, 0.25) is 0 Å². The molecular formula is C13H12. The van der Waals surface area contributed by atoms with Crippen molar-refractivity contribution < 1.29 is 0 Å². The van der Waals surface area contributed by atoms with E-state index in [1.54, 1.807) is 0 Å². The zero-order valence-corrected chi connectivity index (χ0v) is 7.70. The van der Waals surface area contributed by atoms with Gasteiger partial charge in [0.1, 0.15) is 0 Å². The maximum absolute atomic E-state index is 2.96. The number of hydrogen-bond acceptors (Lipinski definition) is 0. The van der Waals surface area contributed by atoms with Gasteiger partial charge in [-0.15, -0.1) is 0 Å². The molecule has 0 N–H and O–H groups in total. The average Bonchev–Trinajstić information content (AvgIpc) is 2.22. The quantitative estimate of drug-likeness (QED) is 0.566. The first-order chi connectivity index (χ1) is 6.39. The zero-order chi connectivity index (χ0) is 9.36. The monoisotopic (exact) mass is 168 g/mol. The second-order valence-corrected chi connectivity index (χ2v) is 2.66. The van der Waals surface area contributed by atoms with E-state index < -0.39 is 0 Å². The second-order valence-electron chi connectivity index (χ2n) is 2.66. The van der Waals surface area contributed by atoms with E-state index in [0.717, 1.165) is 0 Å². The highest BCUT2D eigenvalue weighted by Gasteiger charge is 1.72. The van der Waals surface area contributed by atoms with Crippen molar-refractivity contribution in [1.29, 1.82) is 0 Å². The Bertz CT molecular complexity index is 271. The predicted octanol–water partition coefficient (Wildman–Crippen LogP) is 3.28. The molecule has 2 aromatic rings. The summed E-state index contributed by atoms with van der Waals surface area (Å²) < 4.78 is 0. The fraction of sp³-hybridized carbons (Fsp3) is 0.0769. The molecule has 64 valence electrons. The summed E-state index contributed by atoms with van der Waals surface area (Å²) >= 11 is 0. The standard InChI is InChI=1S/C7H7.C6H5/c1-7-5-3-2-4-6-7;1-2-4-6-5-3-1/h2-3,5-6H,1H3;1-5H. The Hall–Kier alpha value is -1.56. The van der Waals surface area contributed by atoms with Crippen LogP contribution in [0.25, 0.3) is 0 Å². The minimum Gasteiger partial charge on any atom is -0.0622 e. The molecular weight excluding hydrogens is 156 g/mol. The first-order valence-electron chi connectivity index (χ1n) is 4.23. The maximum Gasteiger partial charge on any atom is -0.0181 e. The number of aryl methyl sites for hydroxylation is 1. The van der Waals surface area contributed by atoms with Crippen LogP contribution in [0.1, 0.15) is 5.56 Å². The van der Waals surface area contributed by atoms with E-state index in [-0.39, 0.29) is 0 Å². The predicted molar refractivity (Wildman–Crippen MR) is 55.3 cm³/mol. The molecule has 0 nitrogen and oxygen atoms in total. The highest BCUT2D eigenvalue weighted by Crippen LogP contribution is 1.91. The van der Waals surface area contributed by atoms with Crippen molar-refractivity contribution >= 4 is 0 Å². The van der Waals surface area contributed by atoms with E-state index in [0.29, 0.717) is 0 Å². The third-order valence-electron chi connectivity index (χ3n) is 1.47. The molecule has 13 heavy (non-hydrogen) atoms. The van der Waals surface area contributed by atoms with Crippen LogP contribution in [0.4, 0.5) is 0 Å². The van der Waals surface area contributed by atoms with Crippen LogP contribution >= 0.6 is 0 Å². The molecule has 0 aliphatic heterocycles. The third kappa shape index (κ3) is 4.81. The zero-order valence-electron chi connectivity index (χ0n) is 7.70. The highest BCUT2D eigenvalue weighted by atomic mass is 13.8. The van der Waals surface area contributed by atoms with Gasteiger partial charge in [0.15, 0.2) is 0 Å². The van der Waals surface area contributed by atoms with Gasteiger partial charge in [-0.05, 0) is 19.1 Å². The van der Waals surface area contributed by atoms with Crippen LogP contribution in [0.3, 0.4) is 0 Å². The Morgan fingerprint density at radius 1 is 0.846 bits per heavy atom. The van der Waals surface area contributed by atoms with Crippen molar-refractivity contribution in [3.63, 3.8) is 0 Å². The van der Waals surface area contributed by atoms with Crippen molar-refractivity contribution in [3.8, 4) is 0 Å². The Morgan fingerprint density at radius 3 is 1.77 bits per heavy atom. The normalized spacial score (nSPS) is 8.38. The Morgan fingerprint density at radius 2 is 1.54 bits per heavy atom. The highest BCUT2D eigenvalue weighted by molar-refractivity contribution is 5.10. The van der Waals surface area contributed by atoms with Crippen LogP contribution < -0.4 is 0 Å². The van der Waals surface area contributed by atoms with Gasteiger partial charge in [0, 0.05) is 0 Å². The van der Waals surface area contributed by atoms with E-state index in [9.17, 15) is 0 Å². The van der Waals surface area contributed by atoms with E-state index in [2.05, 4.69) is 25.1 Å². The van der Waals surface area contributed by atoms with Gasteiger partial charge in [0.2, 0.25) is 0 Å². The van der Waals surface area contributed by atoms with Gasteiger partial charge in [0.25, 0.3) is 0 Å². The Balaban J connectivity index is 0.000000132. The lowest BCUT2D eigenvalue weighted by atomic mass is 10.2. The van der Waals surface area contributed by atoms with Gasteiger partial charge < -0.3 is 0 Å². The lowest BCUT2D eigenvalue weighted by Gasteiger charge is -1.82. The average molecular weight is 168 g/mol. The van der Waals surface area contributed by atoms with Crippen molar-refractivity contribution in [2.24, 2.45) is 0 Å². The summed E-state index contributed by atoms with van der Waals surface area (Å²) in [5.74, 6) is 0. The first-order valence-corrected chi connectivity index (χ1v) is 4.23. The molecule has 2 rings (SSSR count). The maximum atomic E-state index is 2.96.